The first-order chi connectivity index (χ1) is 11.4. The van der Waals surface area contributed by atoms with Crippen molar-refractivity contribution in [1.29, 1.82) is 0 Å². The Labute approximate surface area is 139 Å². The predicted octanol–water partition coefficient (Wildman–Crippen LogP) is -0.575. The molecule has 1 saturated heterocycles. The largest absolute Gasteiger partial charge is 0.360 e. The quantitative estimate of drug-likeness (QED) is 0.700. The summed E-state index contributed by atoms with van der Waals surface area (Å²) < 4.78 is 44.8. The number of amides is 2. The Morgan fingerprint density at radius 1 is 1.29 bits per heavy atom. The van der Waals surface area contributed by atoms with Gasteiger partial charge in [0.05, 0.1) is 18.0 Å². The van der Waals surface area contributed by atoms with Crippen molar-refractivity contribution in [3.63, 3.8) is 0 Å². The highest BCUT2D eigenvalue weighted by atomic mass is 32.2. The van der Waals surface area contributed by atoms with Gasteiger partial charge in [-0.15, -0.1) is 0 Å². The van der Waals surface area contributed by atoms with Crippen LogP contribution in [0.2, 0.25) is 0 Å². The Morgan fingerprint density at radius 2 is 1.96 bits per heavy atom. The Morgan fingerprint density at radius 3 is 2.58 bits per heavy atom. The standard InChI is InChI=1S/C14H18FN3O5S/c1-16-13(19)14(20)17-9-12-18(7-2-8-23-12)24(21,22)11-5-3-10(15)4-6-11/h3-6,12H,2,7-9H2,1H3,(H,16,19)(H,17,20)/t12-/m0/s1. The summed E-state index contributed by atoms with van der Waals surface area (Å²) >= 11 is 0. The van der Waals surface area contributed by atoms with E-state index >= 15 is 0 Å². The molecule has 1 heterocycles. The molecule has 2 amide bonds. The maximum atomic E-state index is 13.0. The Balaban J connectivity index is 2.14. The van der Waals surface area contributed by atoms with Crippen molar-refractivity contribution in [3.8, 4) is 0 Å². The van der Waals surface area contributed by atoms with E-state index in [9.17, 15) is 22.4 Å². The molecule has 2 rings (SSSR count). The second-order valence-corrected chi connectivity index (χ2v) is 6.93. The summed E-state index contributed by atoms with van der Waals surface area (Å²) in [5.41, 5.74) is 0. The van der Waals surface area contributed by atoms with E-state index in [1.807, 2.05) is 0 Å². The fourth-order valence-corrected chi connectivity index (χ4v) is 3.78. The third kappa shape index (κ3) is 4.08. The van der Waals surface area contributed by atoms with Crippen LogP contribution in [0.5, 0.6) is 0 Å². The van der Waals surface area contributed by atoms with Crippen molar-refractivity contribution >= 4 is 21.8 Å². The number of ether oxygens (including phenoxy) is 1. The van der Waals surface area contributed by atoms with Crippen LogP contribution in [-0.2, 0) is 24.3 Å². The molecule has 1 aliphatic rings. The van der Waals surface area contributed by atoms with Gasteiger partial charge in [0.1, 0.15) is 12.0 Å². The highest BCUT2D eigenvalue weighted by Gasteiger charge is 2.34. The zero-order valence-corrected chi connectivity index (χ0v) is 13.8. The highest BCUT2D eigenvalue weighted by Crippen LogP contribution is 2.22. The van der Waals surface area contributed by atoms with E-state index in [2.05, 4.69) is 10.6 Å². The number of rotatable bonds is 4. The van der Waals surface area contributed by atoms with Crippen molar-refractivity contribution in [1.82, 2.24) is 14.9 Å². The highest BCUT2D eigenvalue weighted by molar-refractivity contribution is 7.89. The molecule has 1 aromatic rings. The fourth-order valence-electron chi connectivity index (χ4n) is 2.22. The molecule has 2 N–H and O–H groups in total. The fraction of sp³-hybridized carbons (Fsp3) is 0.429. The van der Waals surface area contributed by atoms with Crippen LogP contribution in [0.25, 0.3) is 0 Å². The smallest absolute Gasteiger partial charge is 0.309 e. The van der Waals surface area contributed by atoms with Crippen molar-refractivity contribution in [3.05, 3.63) is 30.1 Å². The minimum atomic E-state index is -3.91. The monoisotopic (exact) mass is 359 g/mol. The summed E-state index contributed by atoms with van der Waals surface area (Å²) in [5, 5.41) is 4.49. The summed E-state index contributed by atoms with van der Waals surface area (Å²) in [6, 6.07) is 4.44. The lowest BCUT2D eigenvalue weighted by Crippen LogP contribution is -2.52. The van der Waals surface area contributed by atoms with Crippen LogP contribution in [0.1, 0.15) is 6.42 Å². The molecule has 0 spiro atoms. The van der Waals surface area contributed by atoms with Crippen LogP contribution in [0, 0.1) is 5.82 Å². The Kier molecular flexibility index (Phi) is 5.86. The minimum Gasteiger partial charge on any atom is -0.360 e. The van der Waals surface area contributed by atoms with Gasteiger partial charge in [0, 0.05) is 13.6 Å². The number of halogens is 1. The Bertz CT molecular complexity index is 708. The molecule has 8 nitrogen and oxygen atoms in total. The van der Waals surface area contributed by atoms with Crippen molar-refractivity contribution in [2.75, 3.05) is 26.7 Å². The zero-order chi connectivity index (χ0) is 17.7. The van der Waals surface area contributed by atoms with Crippen LogP contribution in [-0.4, -0.2) is 57.5 Å². The number of carbonyl (C=O) groups is 2. The molecule has 24 heavy (non-hydrogen) atoms. The number of sulfonamides is 1. The average Bonchev–Trinajstić information content (AvgIpc) is 2.59. The van der Waals surface area contributed by atoms with Crippen LogP contribution < -0.4 is 10.6 Å². The molecule has 1 aromatic carbocycles. The van der Waals surface area contributed by atoms with Gasteiger partial charge in [-0.3, -0.25) is 9.59 Å². The minimum absolute atomic E-state index is 0.0722. The van der Waals surface area contributed by atoms with Gasteiger partial charge in [-0.25, -0.2) is 12.8 Å². The van der Waals surface area contributed by atoms with Crippen LogP contribution in [0.3, 0.4) is 0 Å². The molecular formula is C14H18FN3O5S. The van der Waals surface area contributed by atoms with E-state index in [-0.39, 0.29) is 18.0 Å². The second-order valence-electron chi connectivity index (χ2n) is 5.04. The van der Waals surface area contributed by atoms with Gasteiger partial charge in [0.15, 0.2) is 0 Å². The number of likely N-dealkylation sites (N-methyl/N-ethyl adjacent to an activating group) is 1. The van der Waals surface area contributed by atoms with Crippen LogP contribution in [0.4, 0.5) is 4.39 Å². The van der Waals surface area contributed by atoms with Gasteiger partial charge in [-0.05, 0) is 30.7 Å². The number of hydrogen-bond donors (Lipinski definition) is 2. The van der Waals surface area contributed by atoms with E-state index in [4.69, 9.17) is 4.74 Å². The molecule has 0 aliphatic carbocycles. The first-order valence-electron chi connectivity index (χ1n) is 7.25. The summed E-state index contributed by atoms with van der Waals surface area (Å²) in [7, 11) is -2.60. The summed E-state index contributed by atoms with van der Waals surface area (Å²) in [6.45, 7) is 0.350. The molecule has 0 saturated carbocycles. The van der Waals surface area contributed by atoms with E-state index in [0.29, 0.717) is 13.0 Å². The lowest BCUT2D eigenvalue weighted by molar-refractivity contribution is -0.139. The van der Waals surface area contributed by atoms with Crippen LogP contribution >= 0.6 is 0 Å². The lowest BCUT2D eigenvalue weighted by atomic mass is 10.3. The molecule has 132 valence electrons. The maximum absolute atomic E-state index is 13.0. The topological polar surface area (TPSA) is 105 Å². The molecule has 1 atom stereocenters. The number of nitrogens with one attached hydrogen (secondary N) is 2. The maximum Gasteiger partial charge on any atom is 0.309 e. The van der Waals surface area contributed by atoms with Gasteiger partial charge >= 0.3 is 11.8 Å². The van der Waals surface area contributed by atoms with E-state index in [1.165, 1.54) is 19.2 Å². The molecule has 0 aromatic heterocycles. The molecular weight excluding hydrogens is 341 g/mol. The zero-order valence-electron chi connectivity index (χ0n) is 13.0. The van der Waals surface area contributed by atoms with E-state index in [1.54, 1.807) is 0 Å². The Hall–Kier alpha value is -2.04. The number of carbonyl (C=O) groups excluding carboxylic acids is 2. The van der Waals surface area contributed by atoms with Crippen LogP contribution in [0.15, 0.2) is 29.2 Å². The van der Waals surface area contributed by atoms with Gasteiger partial charge in [0.2, 0.25) is 10.0 Å². The third-order valence-electron chi connectivity index (χ3n) is 3.45. The SMILES string of the molecule is CNC(=O)C(=O)NC[C@@H]1OCCCN1S(=O)(=O)c1ccc(F)cc1. The number of nitrogens with zero attached hydrogens (tertiary/aromatic N) is 1. The summed E-state index contributed by atoms with van der Waals surface area (Å²) in [4.78, 5) is 22.6. The van der Waals surface area contributed by atoms with Crippen molar-refractivity contribution in [2.45, 2.75) is 17.5 Å². The third-order valence-corrected chi connectivity index (χ3v) is 5.35. The number of hydrogen-bond acceptors (Lipinski definition) is 5. The van der Waals surface area contributed by atoms with Gasteiger partial charge in [-0.2, -0.15) is 4.31 Å². The molecule has 0 radical (unpaired) electrons. The van der Waals surface area contributed by atoms with Crippen molar-refractivity contribution in [2.24, 2.45) is 0 Å². The molecule has 0 bridgehead atoms. The first kappa shape index (κ1) is 18.3. The van der Waals surface area contributed by atoms with Gasteiger partial charge in [0.25, 0.3) is 0 Å². The molecule has 10 heteroatoms. The van der Waals surface area contributed by atoms with Crippen molar-refractivity contribution < 1.29 is 27.1 Å². The molecule has 1 aliphatic heterocycles. The summed E-state index contributed by atoms with van der Waals surface area (Å²) in [5.74, 6) is -2.26. The second kappa shape index (κ2) is 7.69. The first-order valence-corrected chi connectivity index (χ1v) is 8.69. The number of benzene rings is 1. The van der Waals surface area contributed by atoms with Gasteiger partial charge < -0.3 is 15.4 Å². The predicted molar refractivity (Wildman–Crippen MR) is 81.7 cm³/mol. The van der Waals surface area contributed by atoms with E-state index < -0.39 is 33.9 Å². The van der Waals surface area contributed by atoms with E-state index in [0.717, 1.165) is 16.4 Å². The molecule has 0 unspecified atom stereocenters. The summed E-state index contributed by atoms with van der Waals surface area (Å²) in [6.07, 6.45) is -0.456. The molecule has 1 fully saturated rings. The van der Waals surface area contributed by atoms with Gasteiger partial charge in [-0.1, -0.05) is 0 Å². The normalized spacial score (nSPS) is 18.8. The lowest BCUT2D eigenvalue weighted by Gasteiger charge is -2.34. The average molecular weight is 359 g/mol.